The average molecular weight is 304 g/mol. The summed E-state index contributed by atoms with van der Waals surface area (Å²) < 4.78 is 5.41. The van der Waals surface area contributed by atoms with Gasteiger partial charge < -0.3 is 10.1 Å². The van der Waals surface area contributed by atoms with Crippen molar-refractivity contribution in [1.29, 1.82) is 0 Å². The molecule has 21 heavy (non-hydrogen) atoms. The van der Waals surface area contributed by atoms with Gasteiger partial charge in [0.15, 0.2) is 0 Å². The summed E-state index contributed by atoms with van der Waals surface area (Å²) in [5.41, 5.74) is 2.42. The number of methoxy groups -OCH3 is 1. The zero-order chi connectivity index (χ0) is 15.2. The Morgan fingerprint density at radius 1 is 1.10 bits per heavy atom. The SMILES string of the molecule is COc1ccccc1CC(C)NC(C)c1cccc(Cl)c1. The van der Waals surface area contributed by atoms with E-state index in [2.05, 4.69) is 31.3 Å². The highest BCUT2D eigenvalue weighted by Gasteiger charge is 2.12. The van der Waals surface area contributed by atoms with Gasteiger partial charge in [-0.25, -0.2) is 0 Å². The zero-order valence-electron chi connectivity index (χ0n) is 12.8. The predicted octanol–water partition coefficient (Wildman–Crippen LogP) is 4.63. The first-order chi connectivity index (χ1) is 10.1. The highest BCUT2D eigenvalue weighted by Crippen LogP contribution is 2.21. The minimum Gasteiger partial charge on any atom is -0.496 e. The van der Waals surface area contributed by atoms with Gasteiger partial charge >= 0.3 is 0 Å². The van der Waals surface area contributed by atoms with Crippen LogP contribution >= 0.6 is 11.6 Å². The van der Waals surface area contributed by atoms with Crippen LogP contribution in [-0.4, -0.2) is 13.2 Å². The lowest BCUT2D eigenvalue weighted by Crippen LogP contribution is -2.30. The summed E-state index contributed by atoms with van der Waals surface area (Å²) in [6.45, 7) is 4.35. The van der Waals surface area contributed by atoms with E-state index in [1.807, 2.05) is 36.4 Å². The van der Waals surface area contributed by atoms with E-state index in [0.29, 0.717) is 6.04 Å². The minimum atomic E-state index is 0.258. The second-order valence-electron chi connectivity index (χ2n) is 5.36. The van der Waals surface area contributed by atoms with Gasteiger partial charge in [-0.2, -0.15) is 0 Å². The lowest BCUT2D eigenvalue weighted by Gasteiger charge is -2.21. The number of nitrogens with one attached hydrogen (secondary N) is 1. The molecule has 2 unspecified atom stereocenters. The standard InChI is InChI=1S/C18H22ClNO/c1-13(11-16-7-4-5-10-18(16)21-3)20-14(2)15-8-6-9-17(19)12-15/h4-10,12-14,20H,11H2,1-3H3. The van der Waals surface area contributed by atoms with Crippen molar-refractivity contribution in [3.8, 4) is 5.75 Å². The van der Waals surface area contributed by atoms with Crippen LogP contribution in [-0.2, 0) is 6.42 Å². The molecule has 0 aliphatic rings. The third kappa shape index (κ3) is 4.48. The normalized spacial score (nSPS) is 13.7. The van der Waals surface area contributed by atoms with Crippen LogP contribution in [0.15, 0.2) is 48.5 Å². The molecule has 0 bridgehead atoms. The van der Waals surface area contributed by atoms with Gasteiger partial charge in [-0.05, 0) is 49.6 Å². The number of ether oxygens (including phenoxy) is 1. The van der Waals surface area contributed by atoms with Crippen LogP contribution in [0.25, 0.3) is 0 Å². The van der Waals surface area contributed by atoms with Crippen LogP contribution in [0.5, 0.6) is 5.75 Å². The van der Waals surface area contributed by atoms with Crippen molar-refractivity contribution in [1.82, 2.24) is 5.32 Å². The van der Waals surface area contributed by atoms with Crippen LogP contribution in [0.2, 0.25) is 5.02 Å². The van der Waals surface area contributed by atoms with E-state index in [9.17, 15) is 0 Å². The monoisotopic (exact) mass is 303 g/mol. The molecule has 0 saturated heterocycles. The first-order valence-electron chi connectivity index (χ1n) is 7.23. The Morgan fingerprint density at radius 2 is 1.86 bits per heavy atom. The summed E-state index contributed by atoms with van der Waals surface area (Å²) in [5, 5.41) is 4.39. The van der Waals surface area contributed by atoms with Crippen molar-refractivity contribution in [3.05, 3.63) is 64.7 Å². The second-order valence-corrected chi connectivity index (χ2v) is 5.80. The molecule has 2 atom stereocenters. The maximum Gasteiger partial charge on any atom is 0.122 e. The molecule has 0 spiro atoms. The quantitative estimate of drug-likeness (QED) is 0.840. The van der Waals surface area contributed by atoms with Crippen molar-refractivity contribution in [3.63, 3.8) is 0 Å². The molecule has 0 amide bonds. The Balaban J connectivity index is 1.99. The Labute approximate surface area is 132 Å². The molecule has 2 rings (SSSR count). The molecule has 0 aliphatic heterocycles. The Bertz CT molecular complexity index is 585. The molecule has 1 N–H and O–H groups in total. The summed E-state index contributed by atoms with van der Waals surface area (Å²) in [4.78, 5) is 0. The van der Waals surface area contributed by atoms with Crippen molar-refractivity contribution < 1.29 is 4.74 Å². The molecule has 3 heteroatoms. The molecular weight excluding hydrogens is 282 g/mol. The Morgan fingerprint density at radius 3 is 2.57 bits per heavy atom. The molecule has 0 saturated carbocycles. The number of rotatable bonds is 6. The van der Waals surface area contributed by atoms with Crippen molar-refractivity contribution in [2.24, 2.45) is 0 Å². The summed E-state index contributed by atoms with van der Waals surface area (Å²) in [6, 6.07) is 16.7. The number of para-hydroxylation sites is 1. The van der Waals surface area contributed by atoms with Gasteiger partial charge in [0, 0.05) is 17.1 Å². The molecule has 2 aromatic rings. The predicted molar refractivity (Wildman–Crippen MR) is 89.2 cm³/mol. The third-order valence-electron chi connectivity index (χ3n) is 3.60. The van der Waals surface area contributed by atoms with Crippen molar-refractivity contribution in [2.75, 3.05) is 7.11 Å². The molecule has 0 radical (unpaired) electrons. The fraction of sp³-hybridized carbons (Fsp3) is 0.333. The topological polar surface area (TPSA) is 21.3 Å². The van der Waals surface area contributed by atoms with E-state index in [4.69, 9.17) is 16.3 Å². The smallest absolute Gasteiger partial charge is 0.122 e. The van der Waals surface area contributed by atoms with Gasteiger partial charge in [-0.1, -0.05) is 41.9 Å². The highest BCUT2D eigenvalue weighted by molar-refractivity contribution is 6.30. The maximum atomic E-state index is 6.05. The van der Waals surface area contributed by atoms with Crippen LogP contribution in [0.1, 0.15) is 31.0 Å². The van der Waals surface area contributed by atoms with E-state index in [1.165, 1.54) is 11.1 Å². The fourth-order valence-corrected chi connectivity index (χ4v) is 2.76. The number of benzene rings is 2. The molecule has 0 fully saturated rings. The van der Waals surface area contributed by atoms with Gasteiger partial charge in [0.05, 0.1) is 7.11 Å². The lowest BCUT2D eigenvalue weighted by atomic mass is 10.0. The molecular formula is C18H22ClNO. The van der Waals surface area contributed by atoms with E-state index < -0.39 is 0 Å². The van der Waals surface area contributed by atoms with E-state index in [-0.39, 0.29) is 6.04 Å². The average Bonchev–Trinajstić information content (AvgIpc) is 2.47. The van der Waals surface area contributed by atoms with Gasteiger partial charge in [-0.3, -0.25) is 0 Å². The van der Waals surface area contributed by atoms with Crippen LogP contribution in [0.4, 0.5) is 0 Å². The summed E-state index contributed by atoms with van der Waals surface area (Å²) >= 11 is 6.05. The van der Waals surface area contributed by atoms with Crippen molar-refractivity contribution >= 4 is 11.6 Å². The lowest BCUT2D eigenvalue weighted by molar-refractivity contribution is 0.403. The molecule has 2 aromatic carbocycles. The molecule has 0 heterocycles. The van der Waals surface area contributed by atoms with Gasteiger partial charge in [0.1, 0.15) is 5.75 Å². The maximum absolute atomic E-state index is 6.05. The zero-order valence-corrected chi connectivity index (χ0v) is 13.5. The van der Waals surface area contributed by atoms with Gasteiger partial charge in [0.2, 0.25) is 0 Å². The van der Waals surface area contributed by atoms with Gasteiger partial charge in [-0.15, -0.1) is 0 Å². The number of halogens is 1. The molecule has 2 nitrogen and oxygen atoms in total. The first kappa shape index (κ1) is 15.9. The second kappa shape index (κ2) is 7.48. The summed E-state index contributed by atoms with van der Waals surface area (Å²) in [6.07, 6.45) is 0.926. The molecule has 112 valence electrons. The highest BCUT2D eigenvalue weighted by atomic mass is 35.5. The van der Waals surface area contributed by atoms with E-state index in [1.54, 1.807) is 7.11 Å². The third-order valence-corrected chi connectivity index (χ3v) is 3.84. The number of hydrogen-bond acceptors (Lipinski definition) is 2. The van der Waals surface area contributed by atoms with Crippen LogP contribution < -0.4 is 10.1 Å². The molecule has 0 aromatic heterocycles. The summed E-state index contributed by atoms with van der Waals surface area (Å²) in [7, 11) is 1.71. The van der Waals surface area contributed by atoms with E-state index >= 15 is 0 Å². The van der Waals surface area contributed by atoms with Crippen LogP contribution in [0.3, 0.4) is 0 Å². The van der Waals surface area contributed by atoms with Gasteiger partial charge in [0.25, 0.3) is 0 Å². The van der Waals surface area contributed by atoms with Crippen molar-refractivity contribution in [2.45, 2.75) is 32.4 Å². The minimum absolute atomic E-state index is 0.258. The fourth-order valence-electron chi connectivity index (χ4n) is 2.56. The summed E-state index contributed by atoms with van der Waals surface area (Å²) in [5.74, 6) is 0.946. The molecule has 0 aliphatic carbocycles. The Hall–Kier alpha value is -1.51. The van der Waals surface area contributed by atoms with E-state index in [0.717, 1.165) is 17.2 Å². The number of hydrogen-bond donors (Lipinski definition) is 1. The van der Waals surface area contributed by atoms with Crippen LogP contribution in [0, 0.1) is 0 Å². The largest absolute Gasteiger partial charge is 0.496 e. The first-order valence-corrected chi connectivity index (χ1v) is 7.61. The Kier molecular flexibility index (Phi) is 5.66.